The number of nitrogens with zero attached hydrogens (tertiary/aromatic N) is 1. The molecule has 0 aliphatic heterocycles. The minimum absolute atomic E-state index is 0.751. The monoisotopic (exact) mass is 383 g/mol. The predicted molar refractivity (Wildman–Crippen MR) is 120 cm³/mol. The van der Waals surface area contributed by atoms with Crippen LogP contribution in [0.4, 0.5) is 5.69 Å². The van der Waals surface area contributed by atoms with E-state index in [4.69, 9.17) is 0 Å². The fourth-order valence-corrected chi connectivity index (χ4v) is 5.54. The average molecular weight is 384 g/mol. The summed E-state index contributed by atoms with van der Waals surface area (Å²) in [4.78, 5) is 4.06. The van der Waals surface area contributed by atoms with Gasteiger partial charge in [0.2, 0.25) is 0 Å². The summed E-state index contributed by atoms with van der Waals surface area (Å²) in [5, 5.41) is 2.45. The van der Waals surface area contributed by atoms with Gasteiger partial charge in [-0.1, -0.05) is 76.8 Å². The topological polar surface area (TPSA) is 12.4 Å². The molecule has 27 heavy (non-hydrogen) atoms. The van der Waals surface area contributed by atoms with Crippen LogP contribution in [0.3, 0.4) is 0 Å². The third-order valence-electron chi connectivity index (χ3n) is 7.30. The zero-order chi connectivity index (χ0) is 18.9. The Kier molecular flexibility index (Phi) is 8.55. The Balaban J connectivity index is 1.34. The normalized spacial score (nSPS) is 28.5. The Bertz CT molecular complexity index is 585. The van der Waals surface area contributed by atoms with Crippen LogP contribution in [0.25, 0.3) is 0 Å². The van der Waals surface area contributed by atoms with Crippen molar-refractivity contribution in [3.05, 3.63) is 29.8 Å². The molecule has 0 bridgehead atoms. The van der Waals surface area contributed by atoms with Crippen LogP contribution >= 0.6 is 12.2 Å². The first-order chi connectivity index (χ1) is 13.3. The van der Waals surface area contributed by atoms with Crippen molar-refractivity contribution in [1.82, 2.24) is 0 Å². The average Bonchev–Trinajstić information content (AvgIpc) is 2.73. The number of thiocarbonyl (C=S) groups is 1. The van der Waals surface area contributed by atoms with Gasteiger partial charge in [0.1, 0.15) is 0 Å². The lowest BCUT2D eigenvalue weighted by atomic mass is 9.74. The molecule has 3 rings (SSSR count). The van der Waals surface area contributed by atoms with Crippen molar-refractivity contribution in [3.63, 3.8) is 0 Å². The van der Waals surface area contributed by atoms with Gasteiger partial charge in [-0.25, -0.2) is 0 Å². The molecule has 0 unspecified atom stereocenters. The molecule has 2 aliphatic carbocycles. The smallest absolute Gasteiger partial charge is 0.0739 e. The van der Waals surface area contributed by atoms with E-state index in [9.17, 15) is 0 Å². The number of isothiocyanates is 1. The van der Waals surface area contributed by atoms with E-state index in [1.54, 1.807) is 0 Å². The van der Waals surface area contributed by atoms with Crippen molar-refractivity contribution in [1.29, 1.82) is 0 Å². The molecule has 2 saturated carbocycles. The van der Waals surface area contributed by atoms with Crippen LogP contribution in [0.5, 0.6) is 0 Å². The molecule has 2 fully saturated rings. The van der Waals surface area contributed by atoms with Crippen LogP contribution in [-0.2, 0) is 0 Å². The molecule has 0 spiro atoms. The first kappa shape index (κ1) is 20.7. The van der Waals surface area contributed by atoms with E-state index in [1.165, 1.54) is 89.0 Å². The highest BCUT2D eigenvalue weighted by Crippen LogP contribution is 2.40. The lowest BCUT2D eigenvalue weighted by Crippen LogP contribution is -2.17. The maximum absolute atomic E-state index is 4.68. The lowest BCUT2D eigenvalue weighted by Gasteiger charge is -2.32. The summed E-state index contributed by atoms with van der Waals surface area (Å²) in [6.07, 6.45) is 18.9. The van der Waals surface area contributed by atoms with E-state index in [2.05, 4.69) is 53.6 Å². The molecule has 0 aromatic heterocycles. The molecule has 148 valence electrons. The molecule has 1 aromatic rings. The predicted octanol–water partition coefficient (Wildman–Crippen LogP) is 8.47. The van der Waals surface area contributed by atoms with E-state index in [1.807, 2.05) is 0 Å². The van der Waals surface area contributed by atoms with E-state index in [0.717, 1.165) is 29.4 Å². The molecule has 0 atom stereocenters. The fraction of sp³-hybridized carbons (Fsp3) is 0.720. The Morgan fingerprint density at radius 2 is 1.33 bits per heavy atom. The van der Waals surface area contributed by atoms with E-state index < -0.39 is 0 Å². The molecule has 0 saturated heterocycles. The van der Waals surface area contributed by atoms with Crippen LogP contribution in [0, 0.1) is 17.8 Å². The van der Waals surface area contributed by atoms with Crippen molar-refractivity contribution in [3.8, 4) is 0 Å². The molecule has 1 aromatic carbocycles. The number of rotatable bonds is 8. The highest BCUT2D eigenvalue weighted by molar-refractivity contribution is 7.78. The maximum atomic E-state index is 4.68. The molecule has 1 nitrogen and oxygen atoms in total. The van der Waals surface area contributed by atoms with Crippen molar-refractivity contribution in [2.24, 2.45) is 22.7 Å². The summed E-state index contributed by atoms with van der Waals surface area (Å²) in [5.74, 6) is 3.83. The van der Waals surface area contributed by atoms with Crippen molar-refractivity contribution < 1.29 is 0 Å². The fourth-order valence-electron chi connectivity index (χ4n) is 5.43. The van der Waals surface area contributed by atoms with Crippen LogP contribution < -0.4 is 0 Å². The van der Waals surface area contributed by atoms with E-state index >= 15 is 0 Å². The summed E-state index contributed by atoms with van der Waals surface area (Å²) < 4.78 is 0. The molecule has 0 N–H and O–H groups in total. The van der Waals surface area contributed by atoms with Crippen molar-refractivity contribution in [2.75, 3.05) is 0 Å². The largest absolute Gasteiger partial charge is 0.195 e. The van der Waals surface area contributed by atoms with Gasteiger partial charge in [0.15, 0.2) is 0 Å². The van der Waals surface area contributed by atoms with Crippen LogP contribution in [0.1, 0.15) is 102 Å². The molecule has 0 radical (unpaired) electrons. The van der Waals surface area contributed by atoms with Crippen LogP contribution in [0.2, 0.25) is 0 Å². The minimum atomic E-state index is 0.751. The van der Waals surface area contributed by atoms with Gasteiger partial charge in [0.25, 0.3) is 0 Å². The Hall–Kier alpha value is -0.980. The van der Waals surface area contributed by atoms with Gasteiger partial charge >= 0.3 is 0 Å². The standard InChI is InChI=1S/C25H37NS/c1-2-3-4-20-5-7-21(8-6-20)9-10-22-11-13-23(14-12-22)24-15-17-25(18-16-24)26-19-27/h15-18,20-23H,2-14H2,1H3. The molecule has 0 heterocycles. The molecule has 0 amide bonds. The van der Waals surface area contributed by atoms with Gasteiger partial charge in [-0.05, 0) is 79.3 Å². The van der Waals surface area contributed by atoms with Crippen molar-refractivity contribution in [2.45, 2.75) is 96.3 Å². The summed E-state index contributed by atoms with van der Waals surface area (Å²) >= 11 is 4.68. The second kappa shape index (κ2) is 11.1. The molecular formula is C25H37NS. The quantitative estimate of drug-likeness (QED) is 0.324. The second-order valence-electron chi connectivity index (χ2n) is 9.12. The van der Waals surface area contributed by atoms with Gasteiger partial charge in [-0.3, -0.25) is 0 Å². The minimum Gasteiger partial charge on any atom is -0.195 e. The lowest BCUT2D eigenvalue weighted by molar-refractivity contribution is 0.222. The molecular weight excluding hydrogens is 346 g/mol. The Morgan fingerprint density at radius 1 is 0.815 bits per heavy atom. The maximum Gasteiger partial charge on any atom is 0.0739 e. The third-order valence-corrected chi connectivity index (χ3v) is 7.39. The number of aliphatic imine (C=N–C) groups is 1. The summed E-state index contributed by atoms with van der Waals surface area (Å²) in [6, 6.07) is 8.65. The zero-order valence-electron chi connectivity index (χ0n) is 17.2. The first-order valence-corrected chi connectivity index (χ1v) is 11.9. The van der Waals surface area contributed by atoms with Gasteiger partial charge in [-0.2, -0.15) is 4.99 Å². The Labute approximate surface area is 172 Å². The van der Waals surface area contributed by atoms with Gasteiger partial charge in [0, 0.05) is 0 Å². The number of unbranched alkanes of at least 4 members (excludes halogenated alkanes) is 1. The van der Waals surface area contributed by atoms with Crippen LogP contribution in [0.15, 0.2) is 29.3 Å². The first-order valence-electron chi connectivity index (χ1n) is 11.5. The van der Waals surface area contributed by atoms with E-state index in [0.29, 0.717) is 0 Å². The Morgan fingerprint density at radius 3 is 1.85 bits per heavy atom. The van der Waals surface area contributed by atoms with E-state index in [-0.39, 0.29) is 0 Å². The van der Waals surface area contributed by atoms with Gasteiger partial charge in [0.05, 0.1) is 10.8 Å². The number of hydrogen-bond acceptors (Lipinski definition) is 2. The van der Waals surface area contributed by atoms with Crippen LogP contribution in [-0.4, -0.2) is 5.16 Å². The molecule has 2 aliphatic rings. The highest BCUT2D eigenvalue weighted by atomic mass is 32.1. The van der Waals surface area contributed by atoms with Gasteiger partial charge < -0.3 is 0 Å². The summed E-state index contributed by atoms with van der Waals surface area (Å²) in [7, 11) is 0. The molecule has 2 heteroatoms. The summed E-state index contributed by atoms with van der Waals surface area (Å²) in [6.45, 7) is 2.32. The van der Waals surface area contributed by atoms with Gasteiger partial charge in [-0.15, -0.1) is 0 Å². The third kappa shape index (κ3) is 6.54. The zero-order valence-corrected chi connectivity index (χ0v) is 18.0. The van der Waals surface area contributed by atoms with Crippen molar-refractivity contribution >= 4 is 23.1 Å². The SMILES string of the molecule is CCCCC1CCC(CCC2CCC(c3ccc(N=C=S)cc3)CC2)CC1. The summed E-state index contributed by atoms with van der Waals surface area (Å²) in [5.41, 5.74) is 2.41. The number of hydrogen-bond donors (Lipinski definition) is 0. The highest BCUT2D eigenvalue weighted by Gasteiger charge is 2.25. The number of benzene rings is 1. The second-order valence-corrected chi connectivity index (χ2v) is 9.30.